The minimum Gasteiger partial charge on any atom is -0.389 e. The van der Waals surface area contributed by atoms with E-state index >= 15 is 0 Å². The van der Waals surface area contributed by atoms with E-state index < -0.39 is 6.09 Å². The lowest BCUT2D eigenvalue weighted by molar-refractivity contribution is 0.118. The predicted molar refractivity (Wildman–Crippen MR) is 127 cm³/mol. The van der Waals surface area contributed by atoms with Crippen molar-refractivity contribution in [1.82, 2.24) is 25.1 Å². The van der Waals surface area contributed by atoms with Crippen molar-refractivity contribution in [3.8, 4) is 5.88 Å². The quantitative estimate of drug-likeness (QED) is 0.691. The number of H-pyrrole nitrogens is 1. The van der Waals surface area contributed by atoms with Gasteiger partial charge in [0.05, 0.1) is 18.1 Å². The highest BCUT2D eigenvalue weighted by Gasteiger charge is 2.32. The number of rotatable bonds is 2. The van der Waals surface area contributed by atoms with Crippen LogP contribution >= 0.6 is 0 Å². The molecule has 9 heteroatoms. The first-order chi connectivity index (χ1) is 15.7. The third-order valence-electron chi connectivity index (χ3n) is 5.76. The summed E-state index contributed by atoms with van der Waals surface area (Å²) in [5, 5.41) is 3.57. The highest BCUT2D eigenvalue weighted by molar-refractivity contribution is 5.75. The maximum Gasteiger partial charge on any atom is 0.416 e. The Balaban J connectivity index is 1.81. The van der Waals surface area contributed by atoms with Gasteiger partial charge in [0, 0.05) is 26.2 Å². The number of nitrogens with one attached hydrogen (secondary N) is 2. The van der Waals surface area contributed by atoms with Crippen LogP contribution in [-0.4, -0.2) is 71.5 Å². The second kappa shape index (κ2) is 9.19. The van der Waals surface area contributed by atoms with Gasteiger partial charge in [-0.3, -0.25) is 9.79 Å². The number of carbonyl (C=O) groups excluding carboxylic acids is 1. The van der Waals surface area contributed by atoms with E-state index in [0.717, 1.165) is 18.7 Å². The van der Waals surface area contributed by atoms with E-state index in [1.54, 1.807) is 17.3 Å². The van der Waals surface area contributed by atoms with Crippen LogP contribution in [-0.2, 0) is 0 Å². The topological polar surface area (TPSA) is 103 Å². The Bertz CT molecular complexity index is 1220. The summed E-state index contributed by atoms with van der Waals surface area (Å²) in [7, 11) is 2.02. The number of aromatic amines is 1. The Labute approximate surface area is 192 Å². The third kappa shape index (κ3) is 5.14. The molecule has 0 radical (unpaired) electrons. The van der Waals surface area contributed by atoms with Crippen molar-refractivity contribution >= 4 is 24.2 Å². The van der Waals surface area contributed by atoms with Crippen molar-refractivity contribution in [2.24, 2.45) is 10.4 Å². The fourth-order valence-electron chi connectivity index (χ4n) is 3.85. The molecule has 9 nitrogen and oxygen atoms in total. The van der Waals surface area contributed by atoms with E-state index in [1.807, 2.05) is 58.2 Å². The van der Waals surface area contributed by atoms with Crippen molar-refractivity contribution < 1.29 is 9.53 Å². The van der Waals surface area contributed by atoms with E-state index in [9.17, 15) is 9.59 Å². The normalized spacial score (nSPS) is 21.3. The van der Waals surface area contributed by atoms with Crippen LogP contribution in [0.4, 0.5) is 4.79 Å². The number of nitrogens with zero attached hydrogens (tertiary/aromatic N) is 4. The third-order valence-corrected chi connectivity index (χ3v) is 5.76. The average Bonchev–Trinajstić information content (AvgIpc) is 3.27. The molecule has 0 bridgehead atoms. The fraction of sp³-hybridized carbons (Fsp3) is 0.417. The molecule has 2 aromatic rings. The van der Waals surface area contributed by atoms with Gasteiger partial charge in [-0.05, 0) is 24.1 Å². The standard InChI is InChI=1S/C24H30N6O3/c1-24(2,3)20-18(25-15-26-20)19-21(31)27-17(14-16-8-6-5-7-9-16)22(28-19)33-23(32)30-12-10-29(4)11-13-30/h5-9,14-15,20H,10-13H2,1-4H3,(H,25,26)(H,27,31)/b17-14-,19-18+. The zero-order valence-corrected chi connectivity index (χ0v) is 19.5. The number of aromatic nitrogens is 2. The van der Waals surface area contributed by atoms with Crippen molar-refractivity contribution in [2.75, 3.05) is 33.2 Å². The molecule has 2 aliphatic heterocycles. The molecule has 1 amide bonds. The van der Waals surface area contributed by atoms with Crippen molar-refractivity contribution in [1.29, 1.82) is 0 Å². The Hall–Kier alpha value is -3.46. The van der Waals surface area contributed by atoms with Crippen molar-refractivity contribution in [3.05, 3.63) is 56.9 Å². The largest absolute Gasteiger partial charge is 0.416 e. The molecule has 1 unspecified atom stereocenters. The van der Waals surface area contributed by atoms with E-state index in [2.05, 4.69) is 25.2 Å². The lowest BCUT2D eigenvalue weighted by atomic mass is 9.85. The summed E-state index contributed by atoms with van der Waals surface area (Å²) in [6.45, 7) is 8.82. The highest BCUT2D eigenvalue weighted by Crippen LogP contribution is 2.28. The maximum atomic E-state index is 13.1. The Morgan fingerprint density at radius 2 is 1.85 bits per heavy atom. The summed E-state index contributed by atoms with van der Waals surface area (Å²) in [5.74, 6) is 0.0613. The first-order valence-electron chi connectivity index (χ1n) is 11.1. The first-order valence-corrected chi connectivity index (χ1v) is 11.1. The van der Waals surface area contributed by atoms with Gasteiger partial charge >= 0.3 is 6.09 Å². The number of benzene rings is 1. The van der Waals surface area contributed by atoms with Crippen LogP contribution in [0, 0.1) is 5.41 Å². The molecule has 4 rings (SSSR count). The zero-order chi connectivity index (χ0) is 23.6. The molecule has 1 atom stereocenters. The number of piperazine rings is 1. The smallest absolute Gasteiger partial charge is 0.389 e. The van der Waals surface area contributed by atoms with E-state index in [-0.39, 0.29) is 28.2 Å². The molecule has 0 spiro atoms. The van der Waals surface area contributed by atoms with Gasteiger partial charge in [0.1, 0.15) is 5.35 Å². The first kappa shape index (κ1) is 22.7. The average molecular weight is 451 g/mol. The summed E-state index contributed by atoms with van der Waals surface area (Å²) in [5.41, 5.74) is 0.836. The second-order valence-electron chi connectivity index (χ2n) is 9.45. The molecular weight excluding hydrogens is 420 g/mol. The van der Waals surface area contributed by atoms with Crippen LogP contribution in [0.3, 0.4) is 0 Å². The number of ether oxygens (including phenoxy) is 1. The van der Waals surface area contributed by atoms with Gasteiger partial charge in [-0.1, -0.05) is 51.1 Å². The zero-order valence-electron chi connectivity index (χ0n) is 19.5. The van der Waals surface area contributed by atoms with Crippen LogP contribution in [0.25, 0.3) is 11.8 Å². The van der Waals surface area contributed by atoms with Crippen molar-refractivity contribution in [2.45, 2.75) is 26.8 Å². The van der Waals surface area contributed by atoms with Gasteiger partial charge < -0.3 is 24.8 Å². The Morgan fingerprint density at radius 1 is 1.15 bits per heavy atom. The maximum absolute atomic E-state index is 13.1. The summed E-state index contributed by atoms with van der Waals surface area (Å²) in [6.07, 6.45) is 2.84. The van der Waals surface area contributed by atoms with Crippen molar-refractivity contribution in [3.63, 3.8) is 0 Å². The van der Waals surface area contributed by atoms with E-state index in [0.29, 0.717) is 24.1 Å². The van der Waals surface area contributed by atoms with E-state index in [4.69, 9.17) is 4.74 Å². The Kier molecular flexibility index (Phi) is 6.33. The van der Waals surface area contributed by atoms with Crippen LogP contribution in [0.2, 0.25) is 0 Å². The predicted octanol–water partition coefficient (Wildman–Crippen LogP) is 0.499. The van der Waals surface area contributed by atoms with Gasteiger partial charge in [0.25, 0.3) is 5.56 Å². The monoisotopic (exact) mass is 450 g/mol. The summed E-state index contributed by atoms with van der Waals surface area (Å²) in [4.78, 5) is 41.6. The van der Waals surface area contributed by atoms with Crippen LogP contribution in [0.15, 0.2) is 40.1 Å². The molecule has 1 aromatic carbocycles. The summed E-state index contributed by atoms with van der Waals surface area (Å²) < 4.78 is 5.74. The SMILES string of the molecule is CN1CCN(C(=O)Oc2n/c(=C3/NC=NC3C(C)(C)C)c(=O)[nH]/c2=C\c2ccccc2)CC1. The molecule has 2 aliphatic rings. The molecular formula is C24H30N6O3. The molecule has 0 saturated carbocycles. The minimum absolute atomic E-state index is 0.0613. The number of likely N-dealkylation sites (N-methyl/N-ethyl adjacent to an activating group) is 1. The summed E-state index contributed by atoms with van der Waals surface area (Å²) >= 11 is 0. The lowest BCUT2D eigenvalue weighted by Crippen LogP contribution is -2.49. The molecule has 3 heterocycles. The fourth-order valence-corrected chi connectivity index (χ4v) is 3.85. The van der Waals surface area contributed by atoms with Gasteiger partial charge in [-0.25, -0.2) is 9.78 Å². The van der Waals surface area contributed by atoms with Gasteiger partial charge in [-0.15, -0.1) is 0 Å². The van der Waals surface area contributed by atoms with Crippen LogP contribution < -0.4 is 26.3 Å². The number of hydrogen-bond acceptors (Lipinski definition) is 7. The van der Waals surface area contributed by atoms with Crippen LogP contribution in [0.5, 0.6) is 5.88 Å². The lowest BCUT2D eigenvalue weighted by Gasteiger charge is -2.31. The molecule has 1 aromatic heterocycles. The van der Waals surface area contributed by atoms with Gasteiger partial charge in [0.15, 0.2) is 5.35 Å². The van der Waals surface area contributed by atoms with Gasteiger partial charge in [-0.2, -0.15) is 0 Å². The highest BCUT2D eigenvalue weighted by atomic mass is 16.6. The number of aliphatic imine (C=N–C) groups is 1. The van der Waals surface area contributed by atoms with Gasteiger partial charge in [0.2, 0.25) is 5.88 Å². The summed E-state index contributed by atoms with van der Waals surface area (Å²) in [6, 6.07) is 9.22. The van der Waals surface area contributed by atoms with Crippen LogP contribution in [0.1, 0.15) is 26.3 Å². The number of hydrogen-bond donors (Lipinski definition) is 2. The second-order valence-corrected chi connectivity index (χ2v) is 9.45. The number of carbonyl (C=O) groups is 1. The number of amides is 1. The molecule has 2 N–H and O–H groups in total. The molecule has 0 aliphatic carbocycles. The molecule has 1 fully saturated rings. The molecule has 33 heavy (non-hydrogen) atoms. The van der Waals surface area contributed by atoms with E-state index in [1.165, 1.54) is 0 Å². The Morgan fingerprint density at radius 3 is 2.52 bits per heavy atom. The molecule has 1 saturated heterocycles. The molecule has 174 valence electrons. The minimum atomic E-state index is -0.482.